The molecule has 1 aliphatic rings. The van der Waals surface area contributed by atoms with E-state index in [4.69, 9.17) is 9.31 Å². The molecule has 0 unspecified atom stereocenters. The zero-order valence-corrected chi connectivity index (χ0v) is 14.3. The monoisotopic (exact) mass is 316 g/mol. The molecule has 0 saturated carbocycles. The lowest BCUT2D eigenvalue weighted by molar-refractivity contribution is 0.00578. The largest absolute Gasteiger partial charge is 0.494 e. The summed E-state index contributed by atoms with van der Waals surface area (Å²) in [6, 6.07) is 5.12. The number of hydrogen-bond donors (Lipinski definition) is 0. The zero-order chi connectivity index (χ0) is 16.8. The summed E-state index contributed by atoms with van der Waals surface area (Å²) in [7, 11) is -0.546. The molecule has 0 aliphatic carbocycles. The van der Waals surface area contributed by atoms with Crippen LogP contribution in [0.5, 0.6) is 0 Å². The fourth-order valence-electron chi connectivity index (χ4n) is 2.55. The van der Waals surface area contributed by atoms with Crippen LogP contribution in [0.2, 0.25) is 0 Å². The molecule has 2 heterocycles. The molecule has 4 nitrogen and oxygen atoms in total. The Labute approximate surface area is 136 Å². The molecule has 1 fully saturated rings. The zero-order valence-electron chi connectivity index (χ0n) is 14.3. The van der Waals surface area contributed by atoms with E-state index >= 15 is 0 Å². The number of aryl methyl sites for hydroxylation is 1. The van der Waals surface area contributed by atoms with Gasteiger partial charge in [0, 0.05) is 11.8 Å². The molecule has 0 amide bonds. The second kappa shape index (κ2) is 5.46. The molecule has 0 radical (unpaired) electrons. The minimum absolute atomic E-state index is 0.273. The van der Waals surface area contributed by atoms with Gasteiger partial charge in [-0.1, -0.05) is 12.1 Å². The molecule has 0 atom stereocenters. The highest BCUT2D eigenvalue weighted by Crippen LogP contribution is 2.36. The van der Waals surface area contributed by atoms with Crippen LogP contribution in [0.1, 0.15) is 38.8 Å². The molecule has 0 bridgehead atoms. The normalized spacial score (nSPS) is 19.3. The molecular formula is C17H22BFN2O2. The van der Waals surface area contributed by atoms with E-state index in [0.29, 0.717) is 17.6 Å². The van der Waals surface area contributed by atoms with Crippen LogP contribution in [-0.2, 0) is 15.9 Å². The van der Waals surface area contributed by atoms with Gasteiger partial charge in [-0.2, -0.15) is 5.10 Å². The van der Waals surface area contributed by atoms with E-state index in [0.717, 1.165) is 5.56 Å². The molecule has 0 N–H and O–H groups in total. The summed E-state index contributed by atoms with van der Waals surface area (Å²) in [4.78, 5) is 0. The lowest BCUT2D eigenvalue weighted by atomic mass is 9.78. The first-order valence-corrected chi connectivity index (χ1v) is 7.81. The minimum Gasteiger partial charge on any atom is -0.399 e. The molecule has 1 aromatic carbocycles. The highest BCUT2D eigenvalue weighted by atomic mass is 19.1. The smallest absolute Gasteiger partial charge is 0.399 e. The third kappa shape index (κ3) is 3.05. The van der Waals surface area contributed by atoms with Crippen LogP contribution < -0.4 is 5.46 Å². The van der Waals surface area contributed by atoms with Crippen molar-refractivity contribution in [3.8, 4) is 0 Å². The van der Waals surface area contributed by atoms with E-state index in [1.54, 1.807) is 16.9 Å². The van der Waals surface area contributed by atoms with Crippen LogP contribution in [0.4, 0.5) is 4.39 Å². The standard InChI is InChI=1S/C17H22BFN2O2/c1-12-9-20-21(10-12)11-13-6-7-14(8-15(13)19)18-22-16(2,3)17(4,5)23-18/h6-10H,11H2,1-5H3. The van der Waals surface area contributed by atoms with E-state index < -0.39 is 18.3 Å². The van der Waals surface area contributed by atoms with Crippen molar-refractivity contribution in [2.24, 2.45) is 0 Å². The van der Waals surface area contributed by atoms with Crippen molar-refractivity contribution in [1.82, 2.24) is 9.78 Å². The summed E-state index contributed by atoms with van der Waals surface area (Å²) >= 11 is 0. The molecular weight excluding hydrogens is 294 g/mol. The summed E-state index contributed by atoms with van der Waals surface area (Å²) in [5, 5.41) is 4.19. The van der Waals surface area contributed by atoms with Crippen molar-refractivity contribution in [3.63, 3.8) is 0 Å². The Morgan fingerprint density at radius 2 is 1.83 bits per heavy atom. The number of hydrogen-bond acceptors (Lipinski definition) is 3. The minimum atomic E-state index is -0.546. The quantitative estimate of drug-likeness (QED) is 0.817. The first-order chi connectivity index (χ1) is 10.7. The number of nitrogens with zero attached hydrogens (tertiary/aromatic N) is 2. The molecule has 1 saturated heterocycles. The first-order valence-electron chi connectivity index (χ1n) is 7.81. The van der Waals surface area contributed by atoms with Gasteiger partial charge in [0.1, 0.15) is 5.82 Å². The van der Waals surface area contributed by atoms with Crippen LogP contribution in [-0.4, -0.2) is 28.1 Å². The Hall–Kier alpha value is -1.66. The van der Waals surface area contributed by atoms with Crippen LogP contribution in [0, 0.1) is 12.7 Å². The molecule has 3 rings (SSSR count). The van der Waals surface area contributed by atoms with Gasteiger partial charge in [-0.15, -0.1) is 0 Å². The van der Waals surface area contributed by atoms with Gasteiger partial charge < -0.3 is 9.31 Å². The van der Waals surface area contributed by atoms with Gasteiger partial charge in [-0.05, 0) is 51.7 Å². The number of rotatable bonds is 3. The van der Waals surface area contributed by atoms with Crippen molar-refractivity contribution in [1.29, 1.82) is 0 Å². The highest BCUT2D eigenvalue weighted by molar-refractivity contribution is 6.62. The summed E-state index contributed by atoms with van der Waals surface area (Å²) in [6.45, 7) is 10.3. The summed E-state index contributed by atoms with van der Waals surface area (Å²) in [5.41, 5.74) is 1.48. The van der Waals surface area contributed by atoms with Gasteiger partial charge in [-0.25, -0.2) is 4.39 Å². The third-order valence-electron chi connectivity index (χ3n) is 4.70. The van der Waals surface area contributed by atoms with Gasteiger partial charge in [0.2, 0.25) is 0 Å². The van der Waals surface area contributed by atoms with Crippen molar-refractivity contribution >= 4 is 12.6 Å². The van der Waals surface area contributed by atoms with Crippen molar-refractivity contribution in [3.05, 3.63) is 47.5 Å². The molecule has 1 aromatic heterocycles. The molecule has 1 aliphatic heterocycles. The van der Waals surface area contributed by atoms with E-state index in [1.807, 2.05) is 46.9 Å². The van der Waals surface area contributed by atoms with Gasteiger partial charge in [0.05, 0.1) is 23.9 Å². The lowest BCUT2D eigenvalue weighted by Gasteiger charge is -2.32. The Morgan fingerprint density at radius 3 is 2.35 bits per heavy atom. The molecule has 122 valence electrons. The highest BCUT2D eigenvalue weighted by Gasteiger charge is 2.51. The second-order valence-electron chi connectivity index (χ2n) is 7.15. The van der Waals surface area contributed by atoms with Crippen molar-refractivity contribution in [2.45, 2.75) is 52.4 Å². The third-order valence-corrected chi connectivity index (χ3v) is 4.70. The van der Waals surface area contributed by atoms with E-state index in [2.05, 4.69) is 5.10 Å². The average molecular weight is 316 g/mol. The topological polar surface area (TPSA) is 36.3 Å². The maximum Gasteiger partial charge on any atom is 0.494 e. The SMILES string of the molecule is Cc1cnn(Cc2ccc(B3OC(C)(C)C(C)(C)O3)cc2F)c1. The summed E-state index contributed by atoms with van der Waals surface area (Å²) < 4.78 is 28.1. The van der Waals surface area contributed by atoms with Gasteiger partial charge in [0.15, 0.2) is 0 Å². The number of aromatic nitrogens is 2. The van der Waals surface area contributed by atoms with Crippen molar-refractivity contribution in [2.75, 3.05) is 0 Å². The fraction of sp³-hybridized carbons (Fsp3) is 0.471. The molecule has 0 spiro atoms. The first kappa shape index (κ1) is 16.2. The Bertz CT molecular complexity index is 711. The fourth-order valence-corrected chi connectivity index (χ4v) is 2.55. The van der Waals surface area contributed by atoms with Crippen LogP contribution in [0.15, 0.2) is 30.6 Å². The maximum atomic E-state index is 14.4. The predicted molar refractivity (Wildman–Crippen MR) is 88.2 cm³/mol. The predicted octanol–water partition coefficient (Wildman–Crippen LogP) is 2.68. The summed E-state index contributed by atoms with van der Waals surface area (Å²) in [5.74, 6) is -0.273. The van der Waals surface area contributed by atoms with Crippen LogP contribution >= 0.6 is 0 Å². The molecule has 2 aromatic rings. The molecule has 6 heteroatoms. The average Bonchev–Trinajstić information content (AvgIpc) is 2.93. The Morgan fingerprint density at radius 1 is 1.17 bits per heavy atom. The Kier molecular flexibility index (Phi) is 3.85. The number of halogens is 1. The Balaban J connectivity index is 1.80. The van der Waals surface area contributed by atoms with Gasteiger partial charge in [0.25, 0.3) is 0 Å². The van der Waals surface area contributed by atoms with E-state index in [9.17, 15) is 4.39 Å². The van der Waals surface area contributed by atoms with Crippen LogP contribution in [0.25, 0.3) is 0 Å². The van der Waals surface area contributed by atoms with Crippen LogP contribution in [0.3, 0.4) is 0 Å². The van der Waals surface area contributed by atoms with E-state index in [1.165, 1.54) is 6.07 Å². The number of benzene rings is 1. The van der Waals surface area contributed by atoms with E-state index in [-0.39, 0.29) is 5.82 Å². The molecule has 23 heavy (non-hydrogen) atoms. The maximum absolute atomic E-state index is 14.4. The van der Waals surface area contributed by atoms with Gasteiger partial charge >= 0.3 is 7.12 Å². The van der Waals surface area contributed by atoms with Gasteiger partial charge in [-0.3, -0.25) is 4.68 Å². The lowest BCUT2D eigenvalue weighted by Crippen LogP contribution is -2.41. The van der Waals surface area contributed by atoms with Crippen molar-refractivity contribution < 1.29 is 13.7 Å². The summed E-state index contributed by atoms with van der Waals surface area (Å²) in [6.07, 6.45) is 3.65. The second-order valence-corrected chi connectivity index (χ2v) is 7.15.